The molecular weight excluding hydrogens is 395 g/mol. The van der Waals surface area contributed by atoms with Gasteiger partial charge in [0.15, 0.2) is 4.96 Å². The zero-order chi connectivity index (χ0) is 19.5. The molecule has 4 aromatic rings. The lowest BCUT2D eigenvalue weighted by Crippen LogP contribution is -2.24. The maximum atomic E-state index is 13.1. The molecule has 4 rings (SSSR count). The zero-order valence-electron chi connectivity index (χ0n) is 15.1. The predicted octanol–water partition coefficient (Wildman–Crippen LogP) is 4.31. The minimum Gasteiger partial charge on any atom is -0.350 e. The van der Waals surface area contributed by atoms with E-state index in [4.69, 9.17) is 0 Å². The molecule has 1 amide bonds. The van der Waals surface area contributed by atoms with E-state index in [0.717, 1.165) is 31.7 Å². The Morgan fingerprint density at radius 3 is 2.68 bits per heavy atom. The van der Waals surface area contributed by atoms with Gasteiger partial charge in [0, 0.05) is 39.6 Å². The van der Waals surface area contributed by atoms with Crippen molar-refractivity contribution in [1.82, 2.24) is 19.7 Å². The summed E-state index contributed by atoms with van der Waals surface area (Å²) in [6.45, 7) is 2.48. The molecule has 1 N–H and O–H groups in total. The number of fused-ring (bicyclic) bond motifs is 1. The third kappa shape index (κ3) is 4.07. The quantitative estimate of drug-likeness (QED) is 0.480. The molecule has 0 fully saturated rings. The second kappa shape index (κ2) is 8.12. The van der Waals surface area contributed by atoms with Crippen molar-refractivity contribution in [3.8, 4) is 11.3 Å². The maximum absolute atomic E-state index is 13.1. The standard InChI is InChI=1S/C20H17FN4OS2/c1-13-18(10-23-19(26)12-27-16-6-8-22-9-7-16)28-20-24-17(11-25(13)20)14-2-4-15(21)5-3-14/h2-9,11H,10,12H2,1H3,(H,23,26). The first kappa shape index (κ1) is 18.6. The van der Waals surface area contributed by atoms with Crippen LogP contribution in [-0.4, -0.2) is 26.0 Å². The van der Waals surface area contributed by atoms with Gasteiger partial charge in [-0.25, -0.2) is 9.37 Å². The van der Waals surface area contributed by atoms with Crippen molar-refractivity contribution in [3.05, 3.63) is 71.4 Å². The van der Waals surface area contributed by atoms with E-state index in [2.05, 4.69) is 15.3 Å². The van der Waals surface area contributed by atoms with Crippen LogP contribution in [0.4, 0.5) is 4.39 Å². The van der Waals surface area contributed by atoms with Crippen molar-refractivity contribution in [3.63, 3.8) is 0 Å². The maximum Gasteiger partial charge on any atom is 0.230 e. The molecule has 1 aromatic carbocycles. The van der Waals surface area contributed by atoms with Crippen LogP contribution >= 0.6 is 23.1 Å². The van der Waals surface area contributed by atoms with E-state index in [1.807, 2.05) is 29.7 Å². The van der Waals surface area contributed by atoms with E-state index < -0.39 is 0 Å². The average molecular weight is 413 g/mol. The SMILES string of the molecule is Cc1c(CNC(=O)CSc2ccncc2)sc2nc(-c3ccc(F)cc3)cn12. The molecule has 0 aliphatic heterocycles. The number of pyridine rings is 1. The summed E-state index contributed by atoms with van der Waals surface area (Å²) in [7, 11) is 0. The molecule has 0 spiro atoms. The number of nitrogens with zero attached hydrogens (tertiary/aromatic N) is 3. The fourth-order valence-corrected chi connectivity index (χ4v) is 4.49. The van der Waals surface area contributed by atoms with Crippen molar-refractivity contribution >= 4 is 34.0 Å². The number of imidazole rings is 1. The Morgan fingerprint density at radius 1 is 1.21 bits per heavy atom. The molecule has 5 nitrogen and oxygen atoms in total. The fraction of sp³-hybridized carbons (Fsp3) is 0.150. The van der Waals surface area contributed by atoms with Crippen LogP contribution in [-0.2, 0) is 11.3 Å². The van der Waals surface area contributed by atoms with Gasteiger partial charge in [-0.3, -0.25) is 14.2 Å². The number of thiazole rings is 1. The van der Waals surface area contributed by atoms with Gasteiger partial charge in [0.2, 0.25) is 5.91 Å². The number of thioether (sulfide) groups is 1. The Morgan fingerprint density at radius 2 is 1.96 bits per heavy atom. The van der Waals surface area contributed by atoms with E-state index >= 15 is 0 Å². The first-order valence-electron chi connectivity index (χ1n) is 8.63. The van der Waals surface area contributed by atoms with Gasteiger partial charge in [0.25, 0.3) is 0 Å². The lowest BCUT2D eigenvalue weighted by Gasteiger charge is -2.04. The Hall–Kier alpha value is -2.71. The minimum atomic E-state index is -0.263. The highest BCUT2D eigenvalue weighted by atomic mass is 32.2. The predicted molar refractivity (Wildman–Crippen MR) is 110 cm³/mol. The topological polar surface area (TPSA) is 59.3 Å². The molecule has 8 heteroatoms. The first-order chi connectivity index (χ1) is 13.6. The van der Waals surface area contributed by atoms with E-state index in [9.17, 15) is 9.18 Å². The van der Waals surface area contributed by atoms with Crippen molar-refractivity contribution in [2.75, 3.05) is 5.75 Å². The van der Waals surface area contributed by atoms with Crippen LogP contribution in [0.25, 0.3) is 16.2 Å². The fourth-order valence-electron chi connectivity index (χ4n) is 2.73. The van der Waals surface area contributed by atoms with Crippen LogP contribution in [0.1, 0.15) is 10.6 Å². The zero-order valence-corrected chi connectivity index (χ0v) is 16.7. The summed E-state index contributed by atoms with van der Waals surface area (Å²) in [5, 5.41) is 2.97. The number of carbonyl (C=O) groups excluding carboxylic acids is 1. The number of carbonyl (C=O) groups is 1. The van der Waals surface area contributed by atoms with Crippen molar-refractivity contribution in [1.29, 1.82) is 0 Å². The molecule has 142 valence electrons. The van der Waals surface area contributed by atoms with Gasteiger partial charge in [-0.15, -0.1) is 11.8 Å². The van der Waals surface area contributed by atoms with Crippen LogP contribution in [0.5, 0.6) is 0 Å². The van der Waals surface area contributed by atoms with E-state index in [1.54, 1.807) is 35.9 Å². The van der Waals surface area contributed by atoms with Crippen LogP contribution in [0.2, 0.25) is 0 Å². The van der Waals surface area contributed by atoms with Gasteiger partial charge in [-0.05, 0) is 43.3 Å². The summed E-state index contributed by atoms with van der Waals surface area (Å²) in [5.41, 5.74) is 2.72. The number of benzene rings is 1. The molecule has 0 unspecified atom stereocenters. The molecule has 0 bridgehead atoms. The molecule has 0 aliphatic carbocycles. The molecule has 0 atom stereocenters. The number of amides is 1. The normalized spacial score (nSPS) is 11.1. The van der Waals surface area contributed by atoms with E-state index in [1.165, 1.54) is 23.9 Å². The Balaban J connectivity index is 1.40. The summed E-state index contributed by atoms with van der Waals surface area (Å²) < 4.78 is 15.1. The highest BCUT2D eigenvalue weighted by Gasteiger charge is 2.13. The second-order valence-electron chi connectivity index (χ2n) is 6.14. The highest BCUT2D eigenvalue weighted by molar-refractivity contribution is 8.00. The largest absolute Gasteiger partial charge is 0.350 e. The van der Waals surface area contributed by atoms with Gasteiger partial charge >= 0.3 is 0 Å². The Labute approximate surface area is 169 Å². The second-order valence-corrected chi connectivity index (χ2v) is 8.26. The highest BCUT2D eigenvalue weighted by Crippen LogP contribution is 2.27. The van der Waals surface area contributed by atoms with Gasteiger partial charge < -0.3 is 5.32 Å². The van der Waals surface area contributed by atoms with Crippen LogP contribution in [0.15, 0.2) is 59.9 Å². The number of aryl methyl sites for hydroxylation is 1. The minimum absolute atomic E-state index is 0.0146. The molecule has 0 saturated heterocycles. The van der Waals surface area contributed by atoms with E-state index in [-0.39, 0.29) is 11.7 Å². The summed E-state index contributed by atoms with van der Waals surface area (Å²) in [6.07, 6.45) is 5.37. The van der Waals surface area contributed by atoms with Gasteiger partial charge in [0.1, 0.15) is 5.82 Å². The van der Waals surface area contributed by atoms with Crippen LogP contribution in [0, 0.1) is 12.7 Å². The van der Waals surface area contributed by atoms with E-state index in [0.29, 0.717) is 12.3 Å². The van der Waals surface area contributed by atoms with Crippen molar-refractivity contribution in [2.24, 2.45) is 0 Å². The Bertz CT molecular complexity index is 1110. The molecule has 0 radical (unpaired) electrons. The lowest BCUT2D eigenvalue weighted by molar-refractivity contribution is -0.118. The molecular formula is C20H17FN4OS2. The van der Waals surface area contributed by atoms with Gasteiger partial charge in [-0.1, -0.05) is 11.3 Å². The molecule has 28 heavy (non-hydrogen) atoms. The molecule has 3 aromatic heterocycles. The number of halogens is 1. The lowest BCUT2D eigenvalue weighted by atomic mass is 10.2. The number of hydrogen-bond donors (Lipinski definition) is 1. The first-order valence-corrected chi connectivity index (χ1v) is 10.4. The van der Waals surface area contributed by atoms with Crippen LogP contribution in [0.3, 0.4) is 0 Å². The van der Waals surface area contributed by atoms with Crippen LogP contribution < -0.4 is 5.32 Å². The van der Waals surface area contributed by atoms with Gasteiger partial charge in [-0.2, -0.15) is 0 Å². The third-order valence-electron chi connectivity index (χ3n) is 4.26. The summed E-state index contributed by atoms with van der Waals surface area (Å²) in [4.78, 5) is 23.7. The third-order valence-corrected chi connectivity index (χ3v) is 6.43. The Kier molecular flexibility index (Phi) is 5.40. The van der Waals surface area contributed by atoms with Crippen molar-refractivity contribution in [2.45, 2.75) is 18.4 Å². The van der Waals surface area contributed by atoms with Gasteiger partial charge in [0.05, 0.1) is 18.0 Å². The molecule has 3 heterocycles. The number of nitrogens with one attached hydrogen (secondary N) is 1. The molecule has 0 saturated carbocycles. The molecule has 0 aliphatic rings. The smallest absolute Gasteiger partial charge is 0.230 e. The van der Waals surface area contributed by atoms with Crippen molar-refractivity contribution < 1.29 is 9.18 Å². The monoisotopic (exact) mass is 412 g/mol. The number of rotatable bonds is 6. The number of hydrogen-bond acceptors (Lipinski definition) is 5. The number of aromatic nitrogens is 3. The summed E-state index contributed by atoms with van der Waals surface area (Å²) >= 11 is 3.03. The summed E-state index contributed by atoms with van der Waals surface area (Å²) in [5.74, 6) is 0.0839. The average Bonchev–Trinajstić information content (AvgIpc) is 3.25. The summed E-state index contributed by atoms with van der Waals surface area (Å²) in [6, 6.07) is 10.1.